The van der Waals surface area contributed by atoms with Crippen molar-refractivity contribution in [3.63, 3.8) is 0 Å². The molecule has 3 heteroatoms. The van der Waals surface area contributed by atoms with E-state index in [9.17, 15) is 0 Å². The van der Waals surface area contributed by atoms with Gasteiger partial charge in [0.1, 0.15) is 0 Å². The Labute approximate surface area is 99.2 Å². The van der Waals surface area contributed by atoms with Gasteiger partial charge in [-0.15, -0.1) is 18.8 Å². The normalized spacial score (nSPS) is 28.3. The second kappa shape index (κ2) is 6.37. The lowest BCUT2D eigenvalue weighted by molar-refractivity contribution is 0.178. The molecule has 0 aromatic carbocycles. The Morgan fingerprint density at radius 3 is 2.67 bits per heavy atom. The van der Waals surface area contributed by atoms with Crippen molar-refractivity contribution >= 4 is 12.4 Å². The summed E-state index contributed by atoms with van der Waals surface area (Å²) in [6.07, 6.45) is 10.8. The topological polar surface area (TPSA) is 15.3 Å². The van der Waals surface area contributed by atoms with Gasteiger partial charge in [0.2, 0.25) is 0 Å². The Kier molecular flexibility index (Phi) is 5.45. The number of halogens is 1. The Morgan fingerprint density at radius 2 is 2.00 bits per heavy atom. The predicted octanol–water partition coefficient (Wildman–Crippen LogP) is 1.51. The highest BCUT2D eigenvalue weighted by molar-refractivity contribution is 5.85. The van der Waals surface area contributed by atoms with E-state index in [0.717, 1.165) is 18.5 Å². The lowest BCUT2D eigenvalue weighted by atomic mass is 9.89. The van der Waals surface area contributed by atoms with Crippen LogP contribution in [-0.4, -0.2) is 37.1 Å². The van der Waals surface area contributed by atoms with Gasteiger partial charge in [-0.05, 0) is 51.2 Å². The highest BCUT2D eigenvalue weighted by Crippen LogP contribution is 2.28. The maximum Gasteiger partial charge on any atom is 0.0601 e. The first-order valence-electron chi connectivity index (χ1n) is 5.80. The van der Waals surface area contributed by atoms with Crippen molar-refractivity contribution in [2.24, 2.45) is 5.92 Å². The average Bonchev–Trinajstić information content (AvgIpc) is 2.68. The average molecular weight is 229 g/mol. The van der Waals surface area contributed by atoms with Crippen LogP contribution in [0.3, 0.4) is 0 Å². The molecule has 1 unspecified atom stereocenters. The predicted molar refractivity (Wildman–Crippen MR) is 66.3 cm³/mol. The minimum absolute atomic E-state index is 0. The van der Waals surface area contributed by atoms with Gasteiger partial charge >= 0.3 is 0 Å². The SMILES string of the molecule is C#CCN1CCCC1C1CCNCC1.Cl. The van der Waals surface area contributed by atoms with Crippen molar-refractivity contribution in [1.82, 2.24) is 10.2 Å². The van der Waals surface area contributed by atoms with Crippen LogP contribution in [-0.2, 0) is 0 Å². The van der Waals surface area contributed by atoms with Crippen LogP contribution in [0.1, 0.15) is 25.7 Å². The zero-order chi connectivity index (χ0) is 9.80. The van der Waals surface area contributed by atoms with E-state index in [0.29, 0.717) is 0 Å². The molecule has 2 rings (SSSR count). The lowest BCUT2D eigenvalue weighted by Gasteiger charge is -2.33. The molecule has 0 amide bonds. The highest BCUT2D eigenvalue weighted by atomic mass is 35.5. The summed E-state index contributed by atoms with van der Waals surface area (Å²) in [5.41, 5.74) is 0. The number of piperidine rings is 1. The van der Waals surface area contributed by atoms with Crippen molar-refractivity contribution in [3.05, 3.63) is 0 Å². The number of terminal acetylenes is 1. The fraction of sp³-hybridized carbons (Fsp3) is 0.833. The molecule has 0 spiro atoms. The van der Waals surface area contributed by atoms with Crippen molar-refractivity contribution in [2.45, 2.75) is 31.7 Å². The fourth-order valence-corrected chi connectivity index (χ4v) is 2.93. The molecule has 0 radical (unpaired) electrons. The number of hydrogen-bond donors (Lipinski definition) is 1. The van der Waals surface area contributed by atoms with E-state index in [2.05, 4.69) is 16.1 Å². The summed E-state index contributed by atoms with van der Waals surface area (Å²) < 4.78 is 0. The maximum atomic E-state index is 5.40. The standard InChI is InChI=1S/C12H20N2.ClH/c1-2-9-14-10-3-4-12(14)11-5-7-13-8-6-11;/h1,11-13H,3-10H2;1H. The molecule has 2 heterocycles. The van der Waals surface area contributed by atoms with E-state index in [1.807, 2.05) is 0 Å². The van der Waals surface area contributed by atoms with Crippen LogP contribution >= 0.6 is 12.4 Å². The molecule has 2 saturated heterocycles. The first kappa shape index (κ1) is 12.8. The molecule has 15 heavy (non-hydrogen) atoms. The first-order chi connectivity index (χ1) is 6.92. The van der Waals surface area contributed by atoms with Crippen LogP contribution in [0, 0.1) is 18.3 Å². The van der Waals surface area contributed by atoms with E-state index < -0.39 is 0 Å². The molecule has 2 aliphatic heterocycles. The third kappa shape index (κ3) is 3.11. The van der Waals surface area contributed by atoms with Crippen LogP contribution in [0.15, 0.2) is 0 Å². The lowest BCUT2D eigenvalue weighted by Crippen LogP contribution is -2.41. The van der Waals surface area contributed by atoms with Gasteiger partial charge in [-0.3, -0.25) is 4.90 Å². The molecule has 2 nitrogen and oxygen atoms in total. The van der Waals surface area contributed by atoms with Crippen LogP contribution < -0.4 is 5.32 Å². The molecule has 2 aliphatic rings. The first-order valence-corrected chi connectivity index (χ1v) is 5.80. The summed E-state index contributed by atoms with van der Waals surface area (Å²) in [5.74, 6) is 3.68. The zero-order valence-electron chi connectivity index (χ0n) is 9.24. The van der Waals surface area contributed by atoms with Gasteiger partial charge in [0.25, 0.3) is 0 Å². The molecule has 0 saturated carbocycles. The quantitative estimate of drug-likeness (QED) is 0.721. The fourth-order valence-electron chi connectivity index (χ4n) is 2.93. The van der Waals surface area contributed by atoms with Gasteiger partial charge in [0, 0.05) is 6.04 Å². The number of nitrogens with zero attached hydrogens (tertiary/aromatic N) is 1. The molecular weight excluding hydrogens is 208 g/mol. The minimum Gasteiger partial charge on any atom is -0.317 e. The third-order valence-corrected chi connectivity index (χ3v) is 3.64. The number of likely N-dealkylation sites (tertiary alicyclic amines) is 1. The van der Waals surface area contributed by atoms with Crippen molar-refractivity contribution < 1.29 is 0 Å². The Balaban J connectivity index is 0.00000112. The van der Waals surface area contributed by atoms with Gasteiger partial charge in [-0.1, -0.05) is 5.92 Å². The van der Waals surface area contributed by atoms with E-state index in [1.165, 1.54) is 45.3 Å². The maximum absolute atomic E-state index is 5.40. The minimum atomic E-state index is 0. The van der Waals surface area contributed by atoms with Gasteiger partial charge in [0.05, 0.1) is 6.54 Å². The van der Waals surface area contributed by atoms with Gasteiger partial charge in [-0.25, -0.2) is 0 Å². The van der Waals surface area contributed by atoms with E-state index >= 15 is 0 Å². The molecule has 0 aromatic rings. The van der Waals surface area contributed by atoms with Gasteiger partial charge in [-0.2, -0.15) is 0 Å². The monoisotopic (exact) mass is 228 g/mol. The summed E-state index contributed by atoms with van der Waals surface area (Å²) in [6, 6.07) is 0.785. The number of rotatable bonds is 2. The molecule has 86 valence electrons. The molecule has 0 aromatic heterocycles. The van der Waals surface area contributed by atoms with Crippen LogP contribution in [0.25, 0.3) is 0 Å². The Morgan fingerprint density at radius 1 is 1.27 bits per heavy atom. The van der Waals surface area contributed by atoms with Gasteiger partial charge in [0.15, 0.2) is 0 Å². The Hall–Kier alpha value is -0.230. The van der Waals surface area contributed by atoms with Crippen LogP contribution in [0.4, 0.5) is 0 Å². The van der Waals surface area contributed by atoms with E-state index in [1.54, 1.807) is 0 Å². The molecule has 2 fully saturated rings. The molecule has 0 aliphatic carbocycles. The summed E-state index contributed by atoms with van der Waals surface area (Å²) in [4.78, 5) is 2.51. The van der Waals surface area contributed by atoms with E-state index in [4.69, 9.17) is 6.42 Å². The molecule has 0 bridgehead atoms. The van der Waals surface area contributed by atoms with Crippen molar-refractivity contribution in [3.8, 4) is 12.3 Å². The number of hydrogen-bond acceptors (Lipinski definition) is 2. The van der Waals surface area contributed by atoms with Crippen LogP contribution in [0.5, 0.6) is 0 Å². The van der Waals surface area contributed by atoms with Crippen molar-refractivity contribution in [1.29, 1.82) is 0 Å². The molecule has 1 N–H and O–H groups in total. The highest BCUT2D eigenvalue weighted by Gasteiger charge is 2.31. The largest absolute Gasteiger partial charge is 0.317 e. The second-order valence-corrected chi connectivity index (χ2v) is 4.47. The van der Waals surface area contributed by atoms with Crippen LogP contribution in [0.2, 0.25) is 0 Å². The van der Waals surface area contributed by atoms with E-state index in [-0.39, 0.29) is 12.4 Å². The third-order valence-electron chi connectivity index (χ3n) is 3.64. The van der Waals surface area contributed by atoms with Gasteiger partial charge < -0.3 is 5.32 Å². The smallest absolute Gasteiger partial charge is 0.0601 e. The molecular formula is C12H21ClN2. The summed E-state index contributed by atoms with van der Waals surface area (Å²) in [7, 11) is 0. The number of nitrogens with one attached hydrogen (secondary N) is 1. The van der Waals surface area contributed by atoms with Crippen molar-refractivity contribution in [2.75, 3.05) is 26.2 Å². The zero-order valence-corrected chi connectivity index (χ0v) is 10.1. The summed E-state index contributed by atoms with van der Waals surface area (Å²) in [5, 5.41) is 3.43. The second-order valence-electron chi connectivity index (χ2n) is 4.47. The Bertz CT molecular complexity index is 218. The summed E-state index contributed by atoms with van der Waals surface area (Å²) in [6.45, 7) is 4.48. The molecule has 1 atom stereocenters. The summed E-state index contributed by atoms with van der Waals surface area (Å²) >= 11 is 0.